The number of benzene rings is 4. The van der Waals surface area contributed by atoms with Crippen molar-refractivity contribution in [3.8, 4) is 0 Å². The topological polar surface area (TPSA) is 67.3 Å². The monoisotopic (exact) mass is 514 g/mol. The summed E-state index contributed by atoms with van der Waals surface area (Å²) in [6, 6.07) is 23.1. The van der Waals surface area contributed by atoms with Gasteiger partial charge in [0.2, 0.25) is 0 Å². The van der Waals surface area contributed by atoms with Crippen molar-refractivity contribution in [1.29, 1.82) is 0 Å². The van der Waals surface area contributed by atoms with Crippen LogP contribution in [-0.2, 0) is 0 Å². The van der Waals surface area contributed by atoms with Gasteiger partial charge < -0.3 is 0 Å². The molecule has 8 heteroatoms. The average molecular weight is 515 g/mol. The van der Waals surface area contributed by atoms with E-state index in [-0.39, 0.29) is 23.4 Å². The fraction of sp³-hybridized carbons (Fsp3) is 0.0370. The van der Waals surface area contributed by atoms with Crippen molar-refractivity contribution in [1.82, 2.24) is 4.98 Å². The maximum atomic E-state index is 13.3. The Kier molecular flexibility index (Phi) is 5.40. The van der Waals surface area contributed by atoms with Gasteiger partial charge in [-0.15, -0.1) is 11.3 Å². The summed E-state index contributed by atoms with van der Waals surface area (Å²) in [6.07, 6.45) is 0. The van der Waals surface area contributed by atoms with Gasteiger partial charge in [-0.25, -0.2) is 9.88 Å². The van der Waals surface area contributed by atoms with E-state index in [0.717, 1.165) is 19.9 Å². The zero-order valence-corrected chi connectivity index (χ0v) is 20.4. The Hall–Kier alpha value is -3.52. The minimum atomic E-state index is -0.341. The Bertz CT molecular complexity index is 1630. The predicted molar refractivity (Wildman–Crippen MR) is 141 cm³/mol. The largest absolute Gasteiger partial charge is 0.293 e. The highest BCUT2D eigenvalue weighted by Crippen LogP contribution is 2.36. The van der Waals surface area contributed by atoms with Crippen molar-refractivity contribution >= 4 is 79.0 Å². The van der Waals surface area contributed by atoms with Crippen molar-refractivity contribution < 1.29 is 14.4 Å². The second-order valence-electron chi connectivity index (χ2n) is 8.01. The molecule has 5 nitrogen and oxygen atoms in total. The number of thioether (sulfide) groups is 1. The van der Waals surface area contributed by atoms with Gasteiger partial charge in [0.15, 0.2) is 10.1 Å². The number of hydrogen-bond donors (Lipinski definition) is 0. The van der Waals surface area contributed by atoms with Crippen LogP contribution in [0.15, 0.2) is 83.2 Å². The molecule has 1 aliphatic rings. The van der Waals surface area contributed by atoms with Crippen molar-refractivity contribution in [3.05, 3.63) is 101 Å². The fourth-order valence-corrected chi connectivity index (χ4v) is 6.33. The van der Waals surface area contributed by atoms with E-state index in [9.17, 15) is 14.4 Å². The summed E-state index contributed by atoms with van der Waals surface area (Å²) in [6.45, 7) is 0. The summed E-state index contributed by atoms with van der Waals surface area (Å²) >= 11 is 8.68. The van der Waals surface area contributed by atoms with Crippen LogP contribution in [-0.4, -0.2) is 28.3 Å². The van der Waals surface area contributed by atoms with Crippen LogP contribution >= 0.6 is 34.7 Å². The van der Waals surface area contributed by atoms with Crippen LogP contribution in [0.25, 0.3) is 21.0 Å². The molecule has 170 valence electrons. The van der Waals surface area contributed by atoms with Gasteiger partial charge in [-0.05, 0) is 60.0 Å². The van der Waals surface area contributed by atoms with Gasteiger partial charge in [0.25, 0.3) is 11.8 Å². The Morgan fingerprint density at radius 1 is 0.914 bits per heavy atom. The Morgan fingerprint density at radius 2 is 1.60 bits per heavy atom. The summed E-state index contributed by atoms with van der Waals surface area (Å²) in [7, 11) is 0. The third-order valence-corrected chi connectivity index (χ3v) is 8.29. The maximum Gasteiger partial charge on any atom is 0.265 e. The van der Waals surface area contributed by atoms with E-state index in [1.807, 2.05) is 30.3 Å². The van der Waals surface area contributed by atoms with Crippen molar-refractivity contribution in [2.75, 3.05) is 10.7 Å². The lowest BCUT2D eigenvalue weighted by Crippen LogP contribution is -2.40. The third kappa shape index (κ3) is 3.82. The molecule has 4 aromatic carbocycles. The van der Waals surface area contributed by atoms with Crippen LogP contribution < -0.4 is 4.90 Å². The second kappa shape index (κ2) is 8.61. The number of ketones is 1. The highest BCUT2D eigenvalue weighted by atomic mass is 35.5. The van der Waals surface area contributed by atoms with E-state index in [1.54, 1.807) is 48.5 Å². The average Bonchev–Trinajstić information content (AvgIpc) is 3.28. The molecule has 5 aromatic rings. The van der Waals surface area contributed by atoms with Crippen molar-refractivity contribution in [3.63, 3.8) is 0 Å². The van der Waals surface area contributed by atoms with Crippen LogP contribution in [0.4, 0.5) is 5.69 Å². The number of fused-ring (bicyclic) bond motifs is 1. The summed E-state index contributed by atoms with van der Waals surface area (Å²) < 4.78 is 1.58. The molecule has 6 rings (SSSR count). The minimum Gasteiger partial charge on any atom is -0.293 e. The highest BCUT2D eigenvalue weighted by Gasteiger charge is 2.34. The van der Waals surface area contributed by atoms with E-state index in [2.05, 4.69) is 4.98 Å². The van der Waals surface area contributed by atoms with Crippen LogP contribution in [0.2, 0.25) is 5.02 Å². The molecule has 0 atom stereocenters. The fourth-order valence-electron chi connectivity index (χ4n) is 4.20. The predicted octanol–water partition coefficient (Wildman–Crippen LogP) is 6.88. The number of aromatic nitrogens is 1. The highest BCUT2D eigenvalue weighted by molar-refractivity contribution is 8.01. The van der Waals surface area contributed by atoms with Gasteiger partial charge in [0, 0.05) is 27.1 Å². The van der Waals surface area contributed by atoms with Gasteiger partial charge in [-0.2, -0.15) is 0 Å². The molecule has 0 saturated heterocycles. The lowest BCUT2D eigenvalue weighted by molar-refractivity contribution is 0.0892. The molecule has 2 amide bonds. The Morgan fingerprint density at radius 3 is 2.29 bits per heavy atom. The van der Waals surface area contributed by atoms with Gasteiger partial charge in [0.05, 0.1) is 21.7 Å². The smallest absolute Gasteiger partial charge is 0.265 e. The number of Topliss-reactive ketones (excluding diaryl/α,β-unsaturated/α-hetero) is 1. The van der Waals surface area contributed by atoms with Crippen molar-refractivity contribution in [2.45, 2.75) is 4.34 Å². The van der Waals surface area contributed by atoms with Crippen LogP contribution in [0.5, 0.6) is 0 Å². The van der Waals surface area contributed by atoms with E-state index in [4.69, 9.17) is 11.6 Å². The molecular formula is C27H15ClN2O3S2. The molecule has 0 bridgehead atoms. The van der Waals surface area contributed by atoms with E-state index < -0.39 is 0 Å². The van der Waals surface area contributed by atoms with Gasteiger partial charge >= 0.3 is 0 Å². The molecule has 1 aliphatic heterocycles. The molecule has 0 N–H and O–H groups in total. The molecule has 0 spiro atoms. The summed E-state index contributed by atoms with van der Waals surface area (Å²) in [4.78, 5) is 45.0. The molecule has 0 saturated carbocycles. The Balaban J connectivity index is 1.28. The number of anilines is 1. The van der Waals surface area contributed by atoms with Crippen LogP contribution in [0.3, 0.4) is 0 Å². The molecule has 2 heterocycles. The summed E-state index contributed by atoms with van der Waals surface area (Å²) in [5.74, 6) is -0.445. The number of imide groups is 1. The zero-order valence-electron chi connectivity index (χ0n) is 18.0. The van der Waals surface area contributed by atoms with Crippen molar-refractivity contribution in [2.24, 2.45) is 0 Å². The first-order valence-electron chi connectivity index (χ1n) is 10.7. The summed E-state index contributed by atoms with van der Waals surface area (Å²) in [5, 5.41) is 2.15. The molecule has 1 aromatic heterocycles. The molecule has 0 unspecified atom stereocenters. The lowest BCUT2D eigenvalue weighted by Gasteiger charge is -2.27. The molecular weight excluding hydrogens is 500 g/mol. The standard InChI is InChI=1S/C27H15ClN2O3S2/c28-17-9-7-15(8-10-17)22(31)14-34-27-29-21-12-11-18(13-23(21)35-27)30-25(32)19-5-1-3-16-4-2-6-20(24(16)19)26(30)33/h1-13H,14H2. The van der Waals surface area contributed by atoms with Crippen LogP contribution in [0.1, 0.15) is 31.1 Å². The first-order chi connectivity index (χ1) is 17.0. The first kappa shape index (κ1) is 22.0. The van der Waals surface area contributed by atoms with E-state index >= 15 is 0 Å². The number of thiazole rings is 1. The van der Waals surface area contributed by atoms with E-state index in [0.29, 0.717) is 32.8 Å². The first-order valence-corrected chi connectivity index (χ1v) is 12.9. The maximum absolute atomic E-state index is 13.3. The number of hydrogen-bond acceptors (Lipinski definition) is 6. The number of nitrogens with zero attached hydrogens (tertiary/aromatic N) is 2. The third-order valence-electron chi connectivity index (χ3n) is 5.88. The molecule has 0 fully saturated rings. The number of carbonyl (C=O) groups excluding carboxylic acids is 3. The second-order valence-corrected chi connectivity index (χ2v) is 10.7. The van der Waals surface area contributed by atoms with Gasteiger partial charge in [-0.3, -0.25) is 14.4 Å². The number of carbonyl (C=O) groups is 3. The molecule has 0 radical (unpaired) electrons. The summed E-state index contributed by atoms with van der Waals surface area (Å²) in [5.41, 5.74) is 2.87. The number of rotatable bonds is 5. The number of halogens is 1. The zero-order chi connectivity index (χ0) is 24.1. The Labute approximate surface area is 213 Å². The lowest BCUT2D eigenvalue weighted by atomic mass is 9.94. The quantitative estimate of drug-likeness (QED) is 0.145. The normalized spacial score (nSPS) is 13.1. The molecule has 0 aliphatic carbocycles. The number of amides is 2. The van der Waals surface area contributed by atoms with E-state index in [1.165, 1.54) is 28.0 Å². The minimum absolute atomic E-state index is 0.0102. The SMILES string of the molecule is O=C(CSc1nc2ccc(N3C(=O)c4cccc5cccc(c45)C3=O)cc2s1)c1ccc(Cl)cc1. The van der Waals surface area contributed by atoms with Gasteiger partial charge in [-0.1, -0.05) is 47.6 Å². The van der Waals surface area contributed by atoms with Gasteiger partial charge in [0.1, 0.15) is 0 Å². The van der Waals surface area contributed by atoms with Crippen LogP contribution in [0, 0.1) is 0 Å². The molecule has 35 heavy (non-hydrogen) atoms.